The van der Waals surface area contributed by atoms with Crippen LogP contribution in [0.2, 0.25) is 0 Å². The van der Waals surface area contributed by atoms with Crippen molar-refractivity contribution in [3.8, 4) is 0 Å². The van der Waals surface area contributed by atoms with Crippen LogP contribution < -0.4 is 29.6 Å². The SMILES string of the molecule is CSCC1CCC(O)(S(=O)(=O)[O-])CC1.[Na+]. The van der Waals surface area contributed by atoms with Gasteiger partial charge in [-0.05, 0) is 43.6 Å². The second-order valence-corrected chi connectivity index (χ2v) is 6.38. The number of thioether (sulfide) groups is 1. The molecular weight excluding hydrogens is 247 g/mol. The zero-order valence-corrected chi connectivity index (χ0v) is 12.7. The van der Waals surface area contributed by atoms with E-state index in [2.05, 4.69) is 0 Å². The molecule has 0 aromatic heterocycles. The summed E-state index contributed by atoms with van der Waals surface area (Å²) in [6.45, 7) is 0. The minimum Gasteiger partial charge on any atom is -0.746 e. The van der Waals surface area contributed by atoms with Crippen LogP contribution in [0.3, 0.4) is 0 Å². The molecule has 1 fully saturated rings. The van der Waals surface area contributed by atoms with Crippen molar-refractivity contribution in [2.45, 2.75) is 30.6 Å². The monoisotopic (exact) mass is 262 g/mol. The zero-order chi connectivity index (χ0) is 10.8. The molecule has 0 aromatic rings. The summed E-state index contributed by atoms with van der Waals surface area (Å²) in [6, 6.07) is 0. The summed E-state index contributed by atoms with van der Waals surface area (Å²) < 4.78 is 32.3. The fourth-order valence-electron chi connectivity index (χ4n) is 1.78. The molecule has 0 aromatic carbocycles. The summed E-state index contributed by atoms with van der Waals surface area (Å²) in [4.78, 5) is -2.00. The Bertz CT molecular complexity index is 283. The number of aliphatic hydroxyl groups is 1. The Hall–Kier alpha value is 1.22. The van der Waals surface area contributed by atoms with Gasteiger partial charge in [0, 0.05) is 0 Å². The summed E-state index contributed by atoms with van der Waals surface area (Å²) in [6.07, 6.45) is 3.41. The summed E-state index contributed by atoms with van der Waals surface area (Å²) in [5.74, 6) is 1.40. The Labute approximate surface area is 117 Å². The molecule has 84 valence electrons. The number of hydrogen-bond donors (Lipinski definition) is 1. The average Bonchev–Trinajstić information content (AvgIpc) is 2.08. The summed E-state index contributed by atoms with van der Waals surface area (Å²) in [5.41, 5.74) is 0. The largest absolute Gasteiger partial charge is 1.00 e. The molecule has 0 bridgehead atoms. The first-order chi connectivity index (χ1) is 6.39. The van der Waals surface area contributed by atoms with Crippen molar-refractivity contribution in [1.82, 2.24) is 0 Å². The van der Waals surface area contributed by atoms with Gasteiger partial charge in [0.2, 0.25) is 0 Å². The summed E-state index contributed by atoms with van der Waals surface area (Å²) in [7, 11) is -4.57. The van der Waals surface area contributed by atoms with Crippen LogP contribution in [0.25, 0.3) is 0 Å². The third-order valence-corrected chi connectivity index (χ3v) is 4.90. The van der Waals surface area contributed by atoms with Gasteiger partial charge in [-0.1, -0.05) is 0 Å². The van der Waals surface area contributed by atoms with E-state index in [1.807, 2.05) is 6.26 Å². The number of hydrogen-bond acceptors (Lipinski definition) is 5. The first-order valence-corrected chi connectivity index (χ1v) is 7.36. The van der Waals surface area contributed by atoms with Gasteiger partial charge < -0.3 is 9.66 Å². The molecule has 0 atom stereocenters. The van der Waals surface area contributed by atoms with E-state index in [1.54, 1.807) is 11.8 Å². The van der Waals surface area contributed by atoms with Gasteiger partial charge in [0.25, 0.3) is 0 Å². The van der Waals surface area contributed by atoms with E-state index in [0.717, 1.165) is 5.75 Å². The molecule has 4 nitrogen and oxygen atoms in total. The van der Waals surface area contributed by atoms with Crippen molar-refractivity contribution < 1.29 is 47.6 Å². The third-order valence-electron chi connectivity index (χ3n) is 2.75. The van der Waals surface area contributed by atoms with Crippen molar-refractivity contribution >= 4 is 21.9 Å². The van der Waals surface area contributed by atoms with Crippen LogP contribution in [0.4, 0.5) is 0 Å². The van der Waals surface area contributed by atoms with Gasteiger partial charge in [-0.15, -0.1) is 0 Å². The number of rotatable bonds is 3. The van der Waals surface area contributed by atoms with Crippen molar-refractivity contribution in [2.24, 2.45) is 5.92 Å². The molecule has 0 amide bonds. The molecule has 7 heteroatoms. The van der Waals surface area contributed by atoms with Gasteiger partial charge in [-0.3, -0.25) is 0 Å². The Kier molecular flexibility index (Phi) is 6.74. The maximum Gasteiger partial charge on any atom is 1.00 e. The Morgan fingerprint density at radius 2 is 1.93 bits per heavy atom. The zero-order valence-electron chi connectivity index (χ0n) is 9.10. The van der Waals surface area contributed by atoms with Crippen LogP contribution in [0.1, 0.15) is 25.7 Å². The third kappa shape index (κ3) is 4.18. The Morgan fingerprint density at radius 1 is 1.47 bits per heavy atom. The maximum absolute atomic E-state index is 10.8. The normalized spacial score (nSPS) is 32.1. The van der Waals surface area contributed by atoms with E-state index in [-0.39, 0.29) is 42.4 Å². The van der Waals surface area contributed by atoms with Crippen LogP contribution in [0.15, 0.2) is 0 Å². The fraction of sp³-hybridized carbons (Fsp3) is 1.00. The fourth-order valence-corrected chi connectivity index (χ4v) is 3.32. The van der Waals surface area contributed by atoms with Crippen molar-refractivity contribution in [1.29, 1.82) is 0 Å². The molecule has 1 saturated carbocycles. The molecule has 1 aliphatic carbocycles. The molecule has 0 unspecified atom stereocenters. The van der Waals surface area contributed by atoms with E-state index in [1.165, 1.54) is 0 Å². The topological polar surface area (TPSA) is 77.4 Å². The van der Waals surface area contributed by atoms with Crippen molar-refractivity contribution in [2.75, 3.05) is 12.0 Å². The van der Waals surface area contributed by atoms with Crippen LogP contribution in [-0.2, 0) is 10.1 Å². The van der Waals surface area contributed by atoms with Gasteiger partial charge in [0.15, 0.2) is 4.93 Å². The Morgan fingerprint density at radius 3 is 2.27 bits per heavy atom. The van der Waals surface area contributed by atoms with Crippen LogP contribution >= 0.6 is 11.8 Å². The molecule has 0 heterocycles. The van der Waals surface area contributed by atoms with E-state index < -0.39 is 15.1 Å². The molecule has 0 saturated heterocycles. The van der Waals surface area contributed by atoms with Gasteiger partial charge in [0.1, 0.15) is 10.1 Å². The minimum absolute atomic E-state index is 0. The molecule has 15 heavy (non-hydrogen) atoms. The van der Waals surface area contributed by atoms with E-state index >= 15 is 0 Å². The maximum atomic E-state index is 10.8. The second kappa shape index (κ2) is 6.23. The first kappa shape index (κ1) is 16.2. The standard InChI is InChI=1S/C8H16O4S2.Na/c1-13-6-7-2-4-8(9,5-3-7)14(10,11)12;/h7,9H,2-6H2,1H3,(H,10,11,12);/q;+1/p-1. The van der Waals surface area contributed by atoms with Gasteiger partial charge in [-0.2, -0.15) is 11.8 Å². The van der Waals surface area contributed by atoms with Crippen LogP contribution in [-0.4, -0.2) is 35.0 Å². The molecule has 0 spiro atoms. The predicted octanol–water partition coefficient (Wildman–Crippen LogP) is -2.22. The summed E-state index contributed by atoms with van der Waals surface area (Å²) >= 11 is 1.71. The average molecular weight is 262 g/mol. The first-order valence-electron chi connectivity index (χ1n) is 4.56. The second-order valence-electron chi connectivity index (χ2n) is 3.80. The van der Waals surface area contributed by atoms with Gasteiger partial charge >= 0.3 is 29.6 Å². The van der Waals surface area contributed by atoms with Gasteiger partial charge in [-0.25, -0.2) is 8.42 Å². The Balaban J connectivity index is 0.00000196. The van der Waals surface area contributed by atoms with E-state index in [0.29, 0.717) is 18.8 Å². The molecule has 0 radical (unpaired) electrons. The predicted molar refractivity (Wildman–Crippen MR) is 55.0 cm³/mol. The van der Waals surface area contributed by atoms with Crippen molar-refractivity contribution in [3.63, 3.8) is 0 Å². The minimum atomic E-state index is -4.57. The quantitative estimate of drug-likeness (QED) is 0.460. The molecule has 0 aliphatic heterocycles. The van der Waals surface area contributed by atoms with Crippen LogP contribution in [0, 0.1) is 5.92 Å². The molecule has 1 rings (SSSR count). The van der Waals surface area contributed by atoms with Crippen LogP contribution in [0.5, 0.6) is 0 Å². The van der Waals surface area contributed by atoms with E-state index in [4.69, 9.17) is 0 Å². The smallest absolute Gasteiger partial charge is 0.746 e. The summed E-state index contributed by atoms with van der Waals surface area (Å²) in [5, 5.41) is 9.59. The van der Waals surface area contributed by atoms with Gasteiger partial charge in [0.05, 0.1) is 0 Å². The molecule has 1 aliphatic rings. The van der Waals surface area contributed by atoms with Crippen molar-refractivity contribution in [3.05, 3.63) is 0 Å². The van der Waals surface area contributed by atoms with E-state index in [9.17, 15) is 18.1 Å². The molecular formula is C8H15NaO4S2. The molecule has 1 N–H and O–H groups in total.